The predicted molar refractivity (Wildman–Crippen MR) is 103 cm³/mol. The molecule has 4 rings (SSSR count). The van der Waals surface area contributed by atoms with Crippen LogP contribution < -0.4 is 29.6 Å². The van der Waals surface area contributed by atoms with Crippen LogP contribution in [-0.4, -0.2) is 45.5 Å². The second kappa shape index (κ2) is 7.47. The fourth-order valence-electron chi connectivity index (χ4n) is 3.61. The SMILES string of the molecule is COc1cccc(NC(=O)N[C@H]2c3c(cc4c(c3OC)OCO4)CCN2C)c1. The number of rotatable bonds is 4. The van der Waals surface area contributed by atoms with Gasteiger partial charge in [0, 0.05) is 23.9 Å². The maximum Gasteiger partial charge on any atom is 0.320 e. The van der Waals surface area contributed by atoms with Crippen LogP contribution in [-0.2, 0) is 6.42 Å². The van der Waals surface area contributed by atoms with E-state index in [1.165, 1.54) is 0 Å². The number of hydrogen-bond donors (Lipinski definition) is 2. The van der Waals surface area contributed by atoms with E-state index in [1.807, 2.05) is 25.2 Å². The van der Waals surface area contributed by atoms with Crippen LogP contribution in [0.5, 0.6) is 23.0 Å². The summed E-state index contributed by atoms with van der Waals surface area (Å²) < 4.78 is 22.0. The van der Waals surface area contributed by atoms with Crippen LogP contribution in [0.15, 0.2) is 30.3 Å². The van der Waals surface area contributed by atoms with Gasteiger partial charge >= 0.3 is 6.03 Å². The number of benzene rings is 2. The molecule has 0 fully saturated rings. The van der Waals surface area contributed by atoms with E-state index in [0.29, 0.717) is 28.7 Å². The Morgan fingerprint density at radius 3 is 2.86 bits per heavy atom. The summed E-state index contributed by atoms with van der Waals surface area (Å²) in [6.45, 7) is 0.957. The molecule has 0 radical (unpaired) electrons. The van der Waals surface area contributed by atoms with Gasteiger partial charge in [-0.15, -0.1) is 0 Å². The highest BCUT2D eigenvalue weighted by Crippen LogP contribution is 2.48. The second-order valence-electron chi connectivity index (χ2n) is 6.68. The molecule has 0 saturated heterocycles. The molecule has 0 aromatic heterocycles. The zero-order chi connectivity index (χ0) is 19.7. The van der Waals surface area contributed by atoms with Crippen LogP contribution in [0.3, 0.4) is 0 Å². The number of nitrogens with one attached hydrogen (secondary N) is 2. The molecule has 0 aliphatic carbocycles. The normalized spacial score (nSPS) is 17.6. The standard InChI is InChI=1S/C20H23N3O5/c1-23-8-7-12-9-15-17(28-11-27-15)18(26-3)16(12)19(23)22-20(24)21-13-5-4-6-14(10-13)25-2/h4-6,9-10,19H,7-8,11H2,1-3H3,(H2,21,22,24)/t19-/m1/s1. The lowest BCUT2D eigenvalue weighted by atomic mass is 9.95. The summed E-state index contributed by atoms with van der Waals surface area (Å²) in [4.78, 5) is 14.8. The van der Waals surface area contributed by atoms with E-state index >= 15 is 0 Å². The number of urea groups is 1. The molecular weight excluding hydrogens is 362 g/mol. The number of carbonyl (C=O) groups excluding carboxylic acids is 1. The third kappa shape index (κ3) is 3.27. The highest BCUT2D eigenvalue weighted by Gasteiger charge is 2.34. The summed E-state index contributed by atoms with van der Waals surface area (Å²) >= 11 is 0. The van der Waals surface area contributed by atoms with Crippen molar-refractivity contribution in [1.82, 2.24) is 10.2 Å². The van der Waals surface area contributed by atoms with E-state index in [-0.39, 0.29) is 19.0 Å². The molecule has 148 valence electrons. The molecule has 0 saturated carbocycles. The van der Waals surface area contributed by atoms with Crippen LogP contribution in [0.1, 0.15) is 17.3 Å². The zero-order valence-electron chi connectivity index (χ0n) is 16.1. The van der Waals surface area contributed by atoms with Crippen LogP contribution in [0, 0.1) is 0 Å². The number of nitrogens with zero attached hydrogens (tertiary/aromatic N) is 1. The molecule has 0 unspecified atom stereocenters. The number of hydrogen-bond acceptors (Lipinski definition) is 6. The second-order valence-corrected chi connectivity index (χ2v) is 6.68. The first-order chi connectivity index (χ1) is 13.6. The monoisotopic (exact) mass is 385 g/mol. The third-order valence-corrected chi connectivity index (χ3v) is 4.99. The van der Waals surface area contributed by atoms with Crippen molar-refractivity contribution < 1.29 is 23.7 Å². The lowest BCUT2D eigenvalue weighted by molar-refractivity contribution is 0.169. The molecule has 2 N–H and O–H groups in total. The van der Waals surface area contributed by atoms with Crippen LogP contribution in [0.25, 0.3) is 0 Å². The van der Waals surface area contributed by atoms with Crippen LogP contribution >= 0.6 is 0 Å². The lowest BCUT2D eigenvalue weighted by Crippen LogP contribution is -2.45. The highest BCUT2D eigenvalue weighted by atomic mass is 16.7. The van der Waals surface area contributed by atoms with Gasteiger partial charge in [0.2, 0.25) is 12.5 Å². The molecule has 2 aliphatic rings. The quantitative estimate of drug-likeness (QED) is 0.842. The van der Waals surface area contributed by atoms with Gasteiger partial charge in [-0.3, -0.25) is 4.90 Å². The summed E-state index contributed by atoms with van der Waals surface area (Å²) in [6, 6.07) is 8.86. The Kier molecular flexibility index (Phi) is 4.87. The van der Waals surface area contributed by atoms with Crippen molar-refractivity contribution in [3.63, 3.8) is 0 Å². The highest BCUT2D eigenvalue weighted by molar-refractivity contribution is 5.89. The summed E-state index contributed by atoms with van der Waals surface area (Å²) in [6.07, 6.45) is 0.466. The largest absolute Gasteiger partial charge is 0.497 e. The lowest BCUT2D eigenvalue weighted by Gasteiger charge is -2.36. The molecule has 1 atom stereocenters. The van der Waals surface area contributed by atoms with E-state index < -0.39 is 0 Å². The Hall–Kier alpha value is -3.13. The van der Waals surface area contributed by atoms with Crippen molar-refractivity contribution in [2.45, 2.75) is 12.6 Å². The van der Waals surface area contributed by atoms with Gasteiger partial charge in [-0.05, 0) is 37.2 Å². The molecule has 2 aliphatic heterocycles. The van der Waals surface area contributed by atoms with Gasteiger partial charge in [-0.2, -0.15) is 0 Å². The average molecular weight is 385 g/mol. The van der Waals surface area contributed by atoms with Gasteiger partial charge in [0.15, 0.2) is 11.5 Å². The number of carbonyl (C=O) groups is 1. The maximum absolute atomic E-state index is 12.7. The van der Waals surface area contributed by atoms with Crippen molar-refractivity contribution >= 4 is 11.7 Å². The fraction of sp³-hybridized carbons (Fsp3) is 0.350. The van der Waals surface area contributed by atoms with Gasteiger partial charge in [0.25, 0.3) is 0 Å². The molecule has 28 heavy (non-hydrogen) atoms. The summed E-state index contributed by atoms with van der Waals surface area (Å²) in [7, 11) is 5.15. The molecule has 0 bridgehead atoms. The Morgan fingerprint density at radius 2 is 2.07 bits per heavy atom. The molecule has 8 heteroatoms. The van der Waals surface area contributed by atoms with E-state index in [9.17, 15) is 4.79 Å². The number of anilines is 1. The van der Waals surface area contributed by atoms with Crippen molar-refractivity contribution in [2.24, 2.45) is 0 Å². The Morgan fingerprint density at radius 1 is 1.21 bits per heavy atom. The van der Waals surface area contributed by atoms with E-state index in [1.54, 1.807) is 26.4 Å². The molecule has 2 aromatic rings. The molecule has 8 nitrogen and oxygen atoms in total. The first-order valence-electron chi connectivity index (χ1n) is 9.02. The minimum atomic E-state index is -0.362. The summed E-state index contributed by atoms with van der Waals surface area (Å²) in [5.74, 6) is 2.53. The van der Waals surface area contributed by atoms with Gasteiger partial charge in [-0.1, -0.05) is 6.07 Å². The van der Waals surface area contributed by atoms with Gasteiger partial charge in [0.1, 0.15) is 11.9 Å². The first kappa shape index (κ1) is 18.2. The summed E-state index contributed by atoms with van der Waals surface area (Å²) in [5, 5.41) is 5.89. The van der Waals surface area contributed by atoms with Crippen molar-refractivity contribution in [2.75, 3.05) is 39.9 Å². The van der Waals surface area contributed by atoms with Gasteiger partial charge < -0.3 is 29.6 Å². The molecular formula is C20H23N3O5. The van der Waals surface area contributed by atoms with E-state index in [4.69, 9.17) is 18.9 Å². The Bertz CT molecular complexity index is 902. The number of amides is 2. The molecule has 2 amide bonds. The number of fused-ring (bicyclic) bond motifs is 2. The Labute approximate surface area is 163 Å². The van der Waals surface area contributed by atoms with Crippen molar-refractivity contribution in [1.29, 1.82) is 0 Å². The zero-order valence-corrected chi connectivity index (χ0v) is 16.1. The summed E-state index contributed by atoms with van der Waals surface area (Å²) in [5.41, 5.74) is 2.61. The van der Waals surface area contributed by atoms with E-state index in [2.05, 4.69) is 15.5 Å². The molecule has 0 spiro atoms. The molecule has 2 heterocycles. The van der Waals surface area contributed by atoms with Crippen LogP contribution in [0.4, 0.5) is 10.5 Å². The predicted octanol–water partition coefficient (Wildman–Crippen LogP) is 2.74. The fourth-order valence-corrected chi connectivity index (χ4v) is 3.61. The minimum Gasteiger partial charge on any atom is -0.497 e. The van der Waals surface area contributed by atoms with Crippen molar-refractivity contribution in [3.05, 3.63) is 41.5 Å². The number of likely N-dealkylation sites (N-methyl/N-ethyl adjacent to an activating group) is 1. The third-order valence-electron chi connectivity index (χ3n) is 4.99. The number of ether oxygens (including phenoxy) is 4. The molecule has 2 aromatic carbocycles. The topological polar surface area (TPSA) is 81.3 Å². The minimum absolute atomic E-state index is 0.166. The maximum atomic E-state index is 12.7. The van der Waals surface area contributed by atoms with E-state index in [0.717, 1.165) is 24.1 Å². The van der Waals surface area contributed by atoms with Gasteiger partial charge in [0.05, 0.1) is 14.2 Å². The first-order valence-corrected chi connectivity index (χ1v) is 9.02. The van der Waals surface area contributed by atoms with Gasteiger partial charge in [-0.25, -0.2) is 4.79 Å². The number of methoxy groups -OCH3 is 2. The Balaban J connectivity index is 1.61. The van der Waals surface area contributed by atoms with Crippen molar-refractivity contribution in [3.8, 4) is 23.0 Å². The van der Waals surface area contributed by atoms with Crippen LogP contribution in [0.2, 0.25) is 0 Å². The smallest absolute Gasteiger partial charge is 0.320 e. The average Bonchev–Trinajstić information content (AvgIpc) is 3.17.